The summed E-state index contributed by atoms with van der Waals surface area (Å²) < 4.78 is 11.2. The van der Waals surface area contributed by atoms with Gasteiger partial charge in [0.25, 0.3) is 5.91 Å². The number of carbonyl (C=O) groups is 1. The second-order valence-corrected chi connectivity index (χ2v) is 9.60. The molecule has 158 valence electrons. The lowest BCUT2D eigenvalue weighted by molar-refractivity contribution is -0.787. The maximum absolute atomic E-state index is 12.7. The third-order valence-corrected chi connectivity index (χ3v) is 5.54. The number of fused-ring (bicyclic) bond motifs is 1. The number of nitrogens with two attached hydrogens (primary N) is 1. The van der Waals surface area contributed by atoms with Crippen molar-refractivity contribution in [1.82, 2.24) is 5.32 Å². The number of nitrogens with one attached hydrogen (secondary N) is 1. The first kappa shape index (κ1) is 21.4. The van der Waals surface area contributed by atoms with E-state index < -0.39 is 6.10 Å². The number of piperidine rings is 1. The first-order chi connectivity index (χ1) is 13.5. The topological polar surface area (TPSA) is 85.1 Å². The van der Waals surface area contributed by atoms with Crippen molar-refractivity contribution in [3.63, 3.8) is 0 Å². The van der Waals surface area contributed by atoms with Crippen LogP contribution in [0, 0.1) is 0 Å². The van der Waals surface area contributed by atoms with E-state index in [0.717, 1.165) is 30.2 Å². The fraction of sp³-hybridized carbons (Fsp3) is 0.565. The highest BCUT2D eigenvalue weighted by atomic mass is 16.5. The van der Waals surface area contributed by atoms with Gasteiger partial charge in [0.15, 0.2) is 6.10 Å². The van der Waals surface area contributed by atoms with Crippen molar-refractivity contribution >= 4 is 16.9 Å². The van der Waals surface area contributed by atoms with Gasteiger partial charge in [-0.3, -0.25) is 4.79 Å². The first-order valence-electron chi connectivity index (χ1n) is 10.4. The maximum Gasteiger partial charge on any atom is 0.336 e. The van der Waals surface area contributed by atoms with Gasteiger partial charge in [-0.25, -0.2) is 4.79 Å². The van der Waals surface area contributed by atoms with Crippen LogP contribution in [0.2, 0.25) is 0 Å². The molecule has 2 aromatic rings. The Hall–Kier alpha value is -2.34. The van der Waals surface area contributed by atoms with Gasteiger partial charge in [-0.2, -0.15) is 0 Å². The van der Waals surface area contributed by atoms with Crippen molar-refractivity contribution in [3.05, 3.63) is 40.2 Å². The quantitative estimate of drug-likeness (QED) is 0.754. The van der Waals surface area contributed by atoms with Gasteiger partial charge in [0.2, 0.25) is 0 Å². The molecular weight excluding hydrogens is 368 g/mol. The number of hydrogen-bond donors (Lipinski definition) is 2. The monoisotopic (exact) mass is 401 g/mol. The Morgan fingerprint density at radius 3 is 2.52 bits per heavy atom. The van der Waals surface area contributed by atoms with Crippen LogP contribution in [-0.4, -0.2) is 29.1 Å². The molecular formula is C23H33N2O4+. The van der Waals surface area contributed by atoms with E-state index in [0.29, 0.717) is 11.3 Å². The van der Waals surface area contributed by atoms with Gasteiger partial charge >= 0.3 is 5.63 Å². The molecule has 1 aliphatic heterocycles. The smallest absolute Gasteiger partial charge is 0.336 e. The normalized spacial score (nSPS) is 19.7. The fourth-order valence-electron chi connectivity index (χ4n) is 4.77. The summed E-state index contributed by atoms with van der Waals surface area (Å²) in [6, 6.07) is 7.00. The molecule has 1 amide bonds. The molecule has 1 aliphatic rings. The Balaban J connectivity index is 1.70. The zero-order valence-corrected chi connectivity index (χ0v) is 18.3. The number of rotatable bonds is 5. The molecule has 1 saturated heterocycles. The van der Waals surface area contributed by atoms with E-state index in [1.54, 1.807) is 13.0 Å². The number of benzene rings is 1. The van der Waals surface area contributed by atoms with Gasteiger partial charge in [-0.1, -0.05) is 6.92 Å². The highest BCUT2D eigenvalue weighted by Crippen LogP contribution is 2.25. The van der Waals surface area contributed by atoms with E-state index in [4.69, 9.17) is 9.15 Å². The van der Waals surface area contributed by atoms with Crippen LogP contribution in [0.25, 0.3) is 11.0 Å². The van der Waals surface area contributed by atoms with Gasteiger partial charge in [0, 0.05) is 36.4 Å². The minimum absolute atomic E-state index is 0.0800. The van der Waals surface area contributed by atoms with Crippen LogP contribution in [0.4, 0.5) is 0 Å². The molecule has 0 bridgehead atoms. The largest absolute Gasteiger partial charge is 0.481 e. The van der Waals surface area contributed by atoms with Crippen molar-refractivity contribution in [2.24, 2.45) is 0 Å². The molecule has 3 N–H and O–H groups in total. The Morgan fingerprint density at radius 1 is 1.24 bits per heavy atom. The van der Waals surface area contributed by atoms with Crippen molar-refractivity contribution in [1.29, 1.82) is 0 Å². The maximum atomic E-state index is 12.7. The Bertz CT molecular complexity index is 945. The number of aryl methyl sites for hydroxylation is 1. The second-order valence-electron chi connectivity index (χ2n) is 9.60. The Labute approximate surface area is 172 Å². The van der Waals surface area contributed by atoms with E-state index in [1.807, 2.05) is 19.1 Å². The van der Waals surface area contributed by atoms with Crippen LogP contribution in [-0.2, 0) is 11.2 Å². The molecule has 0 saturated carbocycles. The summed E-state index contributed by atoms with van der Waals surface area (Å²) >= 11 is 0. The van der Waals surface area contributed by atoms with Gasteiger partial charge in [0.05, 0.1) is 11.1 Å². The van der Waals surface area contributed by atoms with E-state index in [9.17, 15) is 9.59 Å². The number of hydrogen-bond acceptors (Lipinski definition) is 4. The van der Waals surface area contributed by atoms with Crippen LogP contribution in [0.5, 0.6) is 5.75 Å². The van der Waals surface area contributed by atoms with Crippen molar-refractivity contribution in [2.45, 2.75) is 84.0 Å². The summed E-state index contributed by atoms with van der Waals surface area (Å²) in [7, 11) is 0. The molecule has 1 aromatic carbocycles. The highest BCUT2D eigenvalue weighted by Gasteiger charge is 2.42. The Morgan fingerprint density at radius 2 is 1.90 bits per heavy atom. The summed E-state index contributed by atoms with van der Waals surface area (Å²) in [4.78, 5) is 24.5. The van der Waals surface area contributed by atoms with Crippen molar-refractivity contribution in [3.8, 4) is 5.75 Å². The van der Waals surface area contributed by atoms with E-state index >= 15 is 0 Å². The summed E-state index contributed by atoms with van der Waals surface area (Å²) in [6.07, 6.45) is 1.92. The van der Waals surface area contributed by atoms with E-state index in [2.05, 4.69) is 38.3 Å². The predicted molar refractivity (Wildman–Crippen MR) is 113 cm³/mol. The zero-order valence-electron chi connectivity index (χ0n) is 18.3. The van der Waals surface area contributed by atoms with Gasteiger partial charge in [0.1, 0.15) is 11.3 Å². The average molecular weight is 402 g/mol. The van der Waals surface area contributed by atoms with E-state index in [1.165, 1.54) is 6.07 Å². The minimum Gasteiger partial charge on any atom is -0.481 e. The van der Waals surface area contributed by atoms with Crippen LogP contribution < -0.4 is 21.0 Å². The van der Waals surface area contributed by atoms with Crippen LogP contribution in [0.3, 0.4) is 0 Å². The number of ether oxygens (including phenoxy) is 1. The molecule has 6 nitrogen and oxygen atoms in total. The van der Waals surface area contributed by atoms with Crippen LogP contribution >= 0.6 is 0 Å². The first-order valence-corrected chi connectivity index (χ1v) is 10.4. The molecule has 3 rings (SSSR count). The summed E-state index contributed by atoms with van der Waals surface area (Å²) in [5.74, 6) is 0.376. The molecule has 0 spiro atoms. The Kier molecular flexibility index (Phi) is 5.77. The SMILES string of the molecule is CCc1cc(=O)oc2cc(O[C@@H](C)C(=O)NC3CC(C)(C)[NH2+]C(C)(C)C3)ccc12. The molecule has 2 heterocycles. The molecule has 1 aromatic heterocycles. The molecule has 0 unspecified atom stereocenters. The lowest BCUT2D eigenvalue weighted by atomic mass is 9.79. The molecule has 1 atom stereocenters. The number of quaternary nitrogens is 1. The number of amides is 1. The zero-order chi connectivity index (χ0) is 21.4. The highest BCUT2D eigenvalue weighted by molar-refractivity contribution is 5.83. The van der Waals surface area contributed by atoms with Crippen LogP contribution in [0.15, 0.2) is 33.5 Å². The fourth-order valence-corrected chi connectivity index (χ4v) is 4.77. The molecule has 0 radical (unpaired) electrons. The third kappa shape index (κ3) is 5.18. The predicted octanol–water partition coefficient (Wildman–Crippen LogP) is 2.52. The molecule has 0 aliphatic carbocycles. The lowest BCUT2D eigenvalue weighted by Crippen LogP contribution is -3.06. The summed E-state index contributed by atoms with van der Waals surface area (Å²) in [6.45, 7) is 12.6. The van der Waals surface area contributed by atoms with Gasteiger partial charge in [-0.15, -0.1) is 0 Å². The molecule has 1 fully saturated rings. The summed E-state index contributed by atoms with van der Waals surface area (Å²) in [5.41, 5.74) is 1.20. The van der Waals surface area contributed by atoms with Gasteiger partial charge in [-0.05, 0) is 58.7 Å². The molecule has 6 heteroatoms. The standard InChI is InChI=1S/C23H32N2O4/c1-7-15-10-20(26)29-19-11-17(8-9-18(15)19)28-14(2)21(27)24-16-12-22(3,4)25-23(5,6)13-16/h8-11,14,16,25H,7,12-13H2,1-6H3,(H,24,27)/p+1/t14-/m0/s1. The minimum atomic E-state index is -0.648. The number of carbonyl (C=O) groups excluding carboxylic acids is 1. The average Bonchev–Trinajstić information content (AvgIpc) is 2.57. The van der Waals surface area contributed by atoms with Gasteiger partial charge < -0.3 is 19.8 Å². The van der Waals surface area contributed by atoms with Crippen molar-refractivity contribution in [2.75, 3.05) is 0 Å². The summed E-state index contributed by atoms with van der Waals surface area (Å²) in [5, 5.41) is 6.43. The molecule has 29 heavy (non-hydrogen) atoms. The second kappa shape index (κ2) is 7.82. The van der Waals surface area contributed by atoms with Crippen LogP contribution in [0.1, 0.15) is 59.9 Å². The lowest BCUT2D eigenvalue weighted by Gasteiger charge is -2.43. The third-order valence-electron chi connectivity index (χ3n) is 5.54. The van der Waals surface area contributed by atoms with Crippen molar-refractivity contribution < 1.29 is 19.3 Å². The van der Waals surface area contributed by atoms with E-state index in [-0.39, 0.29) is 28.7 Å².